The summed E-state index contributed by atoms with van der Waals surface area (Å²) in [5, 5.41) is 4.53. The lowest BCUT2D eigenvalue weighted by atomic mass is 10.1. The van der Waals surface area contributed by atoms with Crippen molar-refractivity contribution < 1.29 is 4.74 Å². The fourth-order valence-corrected chi connectivity index (χ4v) is 3.94. The maximum Gasteiger partial charge on any atom is 0.133 e. The molecule has 0 aliphatic carbocycles. The molecule has 1 N–H and O–H groups in total. The zero-order valence-electron chi connectivity index (χ0n) is 11.7. The van der Waals surface area contributed by atoms with Crippen LogP contribution in [0.25, 0.3) is 10.1 Å². The van der Waals surface area contributed by atoms with Crippen molar-refractivity contribution >= 4 is 37.4 Å². The standard InChI is InChI=1S/C17H16BrNOS/c1-19-10-17-13(12-6-2-5-9-16(12)21-17)11-20-15-8-4-3-7-14(15)18/h2-9,19H,10-11H2,1H3. The van der Waals surface area contributed by atoms with Gasteiger partial charge in [0.15, 0.2) is 0 Å². The third kappa shape index (κ3) is 3.12. The summed E-state index contributed by atoms with van der Waals surface area (Å²) >= 11 is 5.36. The summed E-state index contributed by atoms with van der Waals surface area (Å²) in [5.41, 5.74) is 1.28. The lowest BCUT2D eigenvalue weighted by Crippen LogP contribution is -2.07. The zero-order chi connectivity index (χ0) is 14.7. The van der Waals surface area contributed by atoms with E-state index in [1.807, 2.05) is 42.6 Å². The van der Waals surface area contributed by atoms with Crippen LogP contribution in [0.5, 0.6) is 5.75 Å². The summed E-state index contributed by atoms with van der Waals surface area (Å²) < 4.78 is 8.31. The molecular formula is C17H16BrNOS. The molecule has 0 unspecified atom stereocenters. The van der Waals surface area contributed by atoms with Crippen LogP contribution in [0, 0.1) is 0 Å². The van der Waals surface area contributed by atoms with E-state index in [2.05, 4.69) is 45.5 Å². The highest BCUT2D eigenvalue weighted by Gasteiger charge is 2.12. The van der Waals surface area contributed by atoms with E-state index < -0.39 is 0 Å². The average molecular weight is 362 g/mol. The number of hydrogen-bond acceptors (Lipinski definition) is 3. The molecular weight excluding hydrogens is 346 g/mol. The number of rotatable bonds is 5. The Morgan fingerprint density at radius 1 is 1.10 bits per heavy atom. The molecule has 21 heavy (non-hydrogen) atoms. The minimum Gasteiger partial charge on any atom is -0.488 e. The van der Waals surface area contributed by atoms with E-state index in [0.717, 1.165) is 16.8 Å². The van der Waals surface area contributed by atoms with Gasteiger partial charge in [0.25, 0.3) is 0 Å². The van der Waals surface area contributed by atoms with Gasteiger partial charge in [-0.15, -0.1) is 11.3 Å². The topological polar surface area (TPSA) is 21.3 Å². The number of fused-ring (bicyclic) bond motifs is 1. The van der Waals surface area contributed by atoms with Gasteiger partial charge in [-0.3, -0.25) is 0 Å². The second-order valence-electron chi connectivity index (χ2n) is 4.75. The van der Waals surface area contributed by atoms with Crippen LogP contribution in [0.1, 0.15) is 10.4 Å². The van der Waals surface area contributed by atoms with Crippen molar-refractivity contribution in [3.05, 3.63) is 63.4 Å². The first kappa shape index (κ1) is 14.6. The molecule has 3 aromatic rings. The van der Waals surface area contributed by atoms with Crippen molar-refractivity contribution in [1.82, 2.24) is 5.32 Å². The average Bonchev–Trinajstić information content (AvgIpc) is 2.84. The van der Waals surface area contributed by atoms with Crippen LogP contribution in [0.3, 0.4) is 0 Å². The fraction of sp³-hybridized carbons (Fsp3) is 0.176. The summed E-state index contributed by atoms with van der Waals surface area (Å²) in [4.78, 5) is 1.34. The second-order valence-corrected chi connectivity index (χ2v) is 6.74. The number of halogens is 1. The predicted molar refractivity (Wildman–Crippen MR) is 93.1 cm³/mol. The highest BCUT2D eigenvalue weighted by atomic mass is 79.9. The summed E-state index contributed by atoms with van der Waals surface area (Å²) in [6.45, 7) is 1.46. The normalized spacial score (nSPS) is 11.0. The van der Waals surface area contributed by atoms with Crippen LogP contribution in [-0.4, -0.2) is 7.05 Å². The van der Waals surface area contributed by atoms with Crippen molar-refractivity contribution in [2.24, 2.45) is 0 Å². The first-order chi connectivity index (χ1) is 10.3. The molecule has 108 valence electrons. The summed E-state index contributed by atoms with van der Waals surface area (Å²) in [6, 6.07) is 16.5. The van der Waals surface area contributed by atoms with Crippen LogP contribution in [0.4, 0.5) is 0 Å². The minimum atomic E-state index is 0.587. The molecule has 0 bridgehead atoms. The maximum absolute atomic E-state index is 6.01. The van der Waals surface area contributed by atoms with Gasteiger partial charge in [0.1, 0.15) is 12.4 Å². The molecule has 0 atom stereocenters. The van der Waals surface area contributed by atoms with Gasteiger partial charge in [-0.05, 0) is 46.6 Å². The smallest absolute Gasteiger partial charge is 0.133 e. The number of thiophene rings is 1. The monoisotopic (exact) mass is 361 g/mol. The Balaban J connectivity index is 1.92. The molecule has 1 aromatic heterocycles. The summed E-state index contributed by atoms with van der Waals surface area (Å²) in [6.07, 6.45) is 0. The Morgan fingerprint density at radius 3 is 2.67 bits per heavy atom. The van der Waals surface area contributed by atoms with Gasteiger partial charge in [0.2, 0.25) is 0 Å². The van der Waals surface area contributed by atoms with Crippen molar-refractivity contribution in [2.75, 3.05) is 7.05 Å². The Bertz CT molecular complexity index is 753. The lowest BCUT2D eigenvalue weighted by Gasteiger charge is -2.09. The van der Waals surface area contributed by atoms with E-state index in [9.17, 15) is 0 Å². The van der Waals surface area contributed by atoms with Gasteiger partial charge in [0.05, 0.1) is 4.47 Å². The molecule has 0 saturated heterocycles. The quantitative estimate of drug-likeness (QED) is 0.693. The molecule has 1 heterocycles. The third-order valence-electron chi connectivity index (χ3n) is 3.33. The fourth-order valence-electron chi connectivity index (χ4n) is 2.32. The highest BCUT2D eigenvalue weighted by molar-refractivity contribution is 9.10. The molecule has 0 aliphatic rings. The second kappa shape index (κ2) is 6.60. The first-order valence-electron chi connectivity index (χ1n) is 6.81. The van der Waals surface area contributed by atoms with Gasteiger partial charge in [-0.25, -0.2) is 0 Å². The van der Waals surface area contributed by atoms with Gasteiger partial charge in [-0.1, -0.05) is 30.3 Å². The SMILES string of the molecule is CNCc1sc2ccccc2c1COc1ccccc1Br. The van der Waals surface area contributed by atoms with Crippen molar-refractivity contribution in [2.45, 2.75) is 13.2 Å². The molecule has 4 heteroatoms. The lowest BCUT2D eigenvalue weighted by molar-refractivity contribution is 0.305. The largest absolute Gasteiger partial charge is 0.488 e. The number of ether oxygens (including phenoxy) is 1. The van der Waals surface area contributed by atoms with Crippen molar-refractivity contribution in [3.8, 4) is 5.75 Å². The van der Waals surface area contributed by atoms with E-state index in [0.29, 0.717) is 6.61 Å². The number of nitrogens with one attached hydrogen (secondary N) is 1. The van der Waals surface area contributed by atoms with Gasteiger partial charge >= 0.3 is 0 Å². The van der Waals surface area contributed by atoms with E-state index in [1.165, 1.54) is 20.5 Å². The van der Waals surface area contributed by atoms with E-state index in [1.54, 1.807) is 0 Å². The van der Waals surface area contributed by atoms with Gasteiger partial charge < -0.3 is 10.1 Å². The van der Waals surface area contributed by atoms with Crippen LogP contribution >= 0.6 is 27.3 Å². The summed E-state index contributed by atoms with van der Waals surface area (Å²) in [7, 11) is 1.98. The molecule has 0 spiro atoms. The molecule has 2 nitrogen and oxygen atoms in total. The van der Waals surface area contributed by atoms with Crippen LogP contribution < -0.4 is 10.1 Å². The highest BCUT2D eigenvalue weighted by Crippen LogP contribution is 2.33. The van der Waals surface area contributed by atoms with E-state index in [-0.39, 0.29) is 0 Å². The molecule has 0 saturated carbocycles. The predicted octanol–water partition coefficient (Wildman–Crippen LogP) is 4.96. The minimum absolute atomic E-state index is 0.587. The molecule has 0 fully saturated rings. The van der Waals surface area contributed by atoms with Crippen molar-refractivity contribution in [1.29, 1.82) is 0 Å². The zero-order valence-corrected chi connectivity index (χ0v) is 14.1. The van der Waals surface area contributed by atoms with Crippen molar-refractivity contribution in [3.63, 3.8) is 0 Å². The Kier molecular flexibility index (Phi) is 4.58. The first-order valence-corrected chi connectivity index (χ1v) is 8.41. The van der Waals surface area contributed by atoms with Gasteiger partial charge in [-0.2, -0.15) is 0 Å². The Hall–Kier alpha value is -1.36. The van der Waals surface area contributed by atoms with Gasteiger partial charge in [0, 0.05) is 21.7 Å². The number of benzene rings is 2. The Morgan fingerprint density at radius 2 is 1.86 bits per heavy atom. The van der Waals surface area contributed by atoms with Crippen LogP contribution in [0.15, 0.2) is 53.0 Å². The third-order valence-corrected chi connectivity index (χ3v) is 5.20. The van der Waals surface area contributed by atoms with E-state index >= 15 is 0 Å². The molecule has 0 aliphatic heterocycles. The molecule has 0 radical (unpaired) electrons. The van der Waals surface area contributed by atoms with E-state index in [4.69, 9.17) is 4.74 Å². The Labute approximate surface area is 136 Å². The van der Waals surface area contributed by atoms with Crippen LogP contribution in [0.2, 0.25) is 0 Å². The molecule has 3 rings (SSSR count). The molecule has 2 aromatic carbocycles. The number of hydrogen-bond donors (Lipinski definition) is 1. The molecule has 0 amide bonds. The van der Waals surface area contributed by atoms with Crippen LogP contribution in [-0.2, 0) is 13.2 Å². The summed E-state index contributed by atoms with van der Waals surface area (Å²) in [5.74, 6) is 0.878. The maximum atomic E-state index is 6.01. The number of para-hydroxylation sites is 1.